The number of hydrogen-bond acceptors (Lipinski definition) is 3. The second-order valence-electron chi connectivity index (χ2n) is 9.84. The van der Waals surface area contributed by atoms with Crippen LogP contribution in [0.3, 0.4) is 0 Å². The predicted octanol–water partition coefficient (Wildman–Crippen LogP) is 6.49. The fourth-order valence-corrected chi connectivity index (χ4v) is 6.85. The van der Waals surface area contributed by atoms with Gasteiger partial charge in [-0.1, -0.05) is 110 Å². The van der Waals surface area contributed by atoms with Gasteiger partial charge in [0.15, 0.2) is 14.9 Å². The van der Waals surface area contributed by atoms with Crippen LogP contribution < -0.4 is 5.32 Å². The first-order chi connectivity index (χ1) is 14.9. The van der Waals surface area contributed by atoms with E-state index in [0.717, 1.165) is 13.0 Å². The summed E-state index contributed by atoms with van der Waals surface area (Å²) in [5.74, 6) is 0.615. The van der Waals surface area contributed by atoms with Crippen LogP contribution >= 0.6 is 12.2 Å². The molecule has 0 amide bonds. The number of thiocarbonyl (C=S) groups is 1. The van der Waals surface area contributed by atoms with Crippen molar-refractivity contribution in [2.45, 2.75) is 123 Å². The maximum atomic E-state index is 11.7. The van der Waals surface area contributed by atoms with Crippen molar-refractivity contribution in [3.8, 4) is 0 Å². The molecule has 2 atom stereocenters. The highest BCUT2D eigenvalue weighted by atomic mass is 32.2. The number of hydrogen-bond donors (Lipinski definition) is 1. The maximum absolute atomic E-state index is 11.7. The second kappa shape index (κ2) is 17.2. The molecule has 0 radical (unpaired) electrons. The fraction of sp³-hybridized carbons (Fsp3) is 0.960. The summed E-state index contributed by atoms with van der Waals surface area (Å²) in [4.78, 5) is 2.07. The molecule has 31 heavy (non-hydrogen) atoms. The van der Waals surface area contributed by atoms with E-state index in [-0.39, 0.29) is 23.5 Å². The summed E-state index contributed by atoms with van der Waals surface area (Å²) in [5.41, 5.74) is 0. The minimum atomic E-state index is -2.90. The third kappa shape index (κ3) is 14.4. The average molecular weight is 475 g/mol. The lowest BCUT2D eigenvalue weighted by Gasteiger charge is -2.25. The van der Waals surface area contributed by atoms with E-state index in [9.17, 15) is 8.42 Å². The molecule has 1 heterocycles. The van der Waals surface area contributed by atoms with E-state index < -0.39 is 9.84 Å². The van der Waals surface area contributed by atoms with Crippen molar-refractivity contribution in [3.63, 3.8) is 0 Å². The number of unbranched alkanes of at least 4 members (excludes halogenated alkanes) is 15. The molecule has 1 rings (SSSR count). The normalized spacial score (nSPS) is 20.1. The monoisotopic (exact) mass is 474 g/mol. The van der Waals surface area contributed by atoms with Crippen molar-refractivity contribution in [3.05, 3.63) is 0 Å². The summed E-state index contributed by atoms with van der Waals surface area (Å²) in [6.45, 7) is 5.21. The second-order valence-corrected chi connectivity index (χ2v) is 12.4. The number of sulfone groups is 1. The zero-order valence-electron chi connectivity index (χ0n) is 20.7. The van der Waals surface area contributed by atoms with Gasteiger partial charge < -0.3 is 10.2 Å². The Morgan fingerprint density at radius 2 is 1.23 bits per heavy atom. The van der Waals surface area contributed by atoms with Crippen molar-refractivity contribution in [1.82, 2.24) is 10.2 Å². The van der Waals surface area contributed by atoms with Gasteiger partial charge in [-0.25, -0.2) is 8.42 Å². The van der Waals surface area contributed by atoms with Gasteiger partial charge >= 0.3 is 0 Å². The van der Waals surface area contributed by atoms with Crippen LogP contribution in [0.5, 0.6) is 0 Å². The predicted molar refractivity (Wildman–Crippen MR) is 140 cm³/mol. The number of rotatable bonds is 18. The molecule has 1 N–H and O–H groups in total. The van der Waals surface area contributed by atoms with Gasteiger partial charge in [-0.2, -0.15) is 0 Å². The van der Waals surface area contributed by atoms with Crippen LogP contribution in [0, 0.1) is 5.92 Å². The molecular weight excluding hydrogens is 424 g/mol. The zero-order chi connectivity index (χ0) is 23.0. The fourth-order valence-electron chi connectivity index (χ4n) is 4.47. The molecular formula is C25H50N2O2S2. The Kier molecular flexibility index (Phi) is 15.9. The Labute approximate surface area is 199 Å². The van der Waals surface area contributed by atoms with E-state index in [2.05, 4.69) is 17.1 Å². The Balaban J connectivity index is 1.88. The van der Waals surface area contributed by atoms with Gasteiger partial charge in [0.1, 0.15) is 0 Å². The first-order valence-electron chi connectivity index (χ1n) is 13.1. The molecule has 0 spiro atoms. The van der Waals surface area contributed by atoms with Crippen molar-refractivity contribution < 1.29 is 8.42 Å². The molecule has 1 aliphatic rings. The lowest BCUT2D eigenvalue weighted by molar-refractivity contribution is 0.434. The molecule has 0 aliphatic carbocycles. The largest absolute Gasteiger partial charge is 0.359 e. The SMILES string of the molecule is CCCCCCCCCCCCCCCCCCN(C)C(=S)NC1CS(=O)(=O)CC1C. The van der Waals surface area contributed by atoms with Crippen molar-refractivity contribution >= 4 is 27.2 Å². The smallest absolute Gasteiger partial charge is 0.168 e. The highest BCUT2D eigenvalue weighted by molar-refractivity contribution is 7.91. The van der Waals surface area contributed by atoms with Gasteiger partial charge in [-0.15, -0.1) is 0 Å². The van der Waals surface area contributed by atoms with E-state index in [4.69, 9.17) is 12.2 Å². The summed E-state index contributed by atoms with van der Waals surface area (Å²) < 4.78 is 23.5. The quantitative estimate of drug-likeness (QED) is 0.182. The van der Waals surface area contributed by atoms with Crippen LogP contribution in [0.25, 0.3) is 0 Å². The third-order valence-electron chi connectivity index (χ3n) is 6.64. The summed E-state index contributed by atoms with van der Waals surface area (Å²) in [6, 6.07) is -0.0363. The Hall–Kier alpha value is -0.360. The third-order valence-corrected chi connectivity index (χ3v) is 8.97. The van der Waals surface area contributed by atoms with Crippen LogP contribution in [-0.4, -0.2) is 49.6 Å². The van der Waals surface area contributed by atoms with E-state index >= 15 is 0 Å². The van der Waals surface area contributed by atoms with Crippen LogP contribution in [0.4, 0.5) is 0 Å². The van der Waals surface area contributed by atoms with E-state index in [0.29, 0.717) is 5.11 Å². The number of nitrogens with one attached hydrogen (secondary N) is 1. The summed E-state index contributed by atoms with van der Waals surface area (Å²) in [6.07, 6.45) is 22.0. The topological polar surface area (TPSA) is 49.4 Å². The van der Waals surface area contributed by atoms with E-state index in [1.807, 2.05) is 14.0 Å². The van der Waals surface area contributed by atoms with E-state index in [1.54, 1.807) is 0 Å². The van der Waals surface area contributed by atoms with Crippen LogP contribution in [-0.2, 0) is 9.84 Å². The standard InChI is InChI=1S/C25H50N2O2S2/c1-4-5-6-7-8-9-10-11-12-13-14-15-16-17-18-19-20-27(3)25(30)26-24-22-31(28,29)21-23(24)2/h23-24H,4-22H2,1-3H3,(H,26,30). The summed E-state index contributed by atoms with van der Waals surface area (Å²) >= 11 is 5.47. The van der Waals surface area contributed by atoms with Gasteiger partial charge in [0, 0.05) is 19.6 Å². The highest BCUT2D eigenvalue weighted by Gasteiger charge is 2.35. The van der Waals surface area contributed by atoms with Gasteiger partial charge in [-0.05, 0) is 24.6 Å². The van der Waals surface area contributed by atoms with Crippen molar-refractivity contribution in [2.75, 3.05) is 25.1 Å². The molecule has 0 bridgehead atoms. The molecule has 0 saturated carbocycles. The molecule has 0 aromatic heterocycles. The maximum Gasteiger partial charge on any atom is 0.168 e. The Morgan fingerprint density at radius 3 is 1.61 bits per heavy atom. The molecule has 4 nitrogen and oxygen atoms in total. The first-order valence-corrected chi connectivity index (χ1v) is 15.3. The van der Waals surface area contributed by atoms with Gasteiger partial charge in [0.05, 0.1) is 11.5 Å². The van der Waals surface area contributed by atoms with Crippen LogP contribution in [0.2, 0.25) is 0 Å². The van der Waals surface area contributed by atoms with Crippen molar-refractivity contribution in [2.24, 2.45) is 5.92 Å². The molecule has 1 fully saturated rings. The molecule has 184 valence electrons. The molecule has 1 aliphatic heterocycles. The van der Waals surface area contributed by atoms with Gasteiger partial charge in [0.25, 0.3) is 0 Å². The minimum Gasteiger partial charge on any atom is -0.359 e. The van der Waals surface area contributed by atoms with Gasteiger partial charge in [0.2, 0.25) is 0 Å². The molecule has 1 saturated heterocycles. The van der Waals surface area contributed by atoms with Gasteiger partial charge in [-0.3, -0.25) is 0 Å². The average Bonchev–Trinajstić information content (AvgIpc) is 2.98. The first kappa shape index (κ1) is 28.7. The lowest BCUT2D eigenvalue weighted by atomic mass is 10.0. The molecule has 0 aromatic rings. The number of nitrogens with zero attached hydrogens (tertiary/aromatic N) is 1. The summed E-state index contributed by atoms with van der Waals surface area (Å²) in [7, 11) is -0.893. The lowest BCUT2D eigenvalue weighted by Crippen LogP contribution is -2.45. The molecule has 6 heteroatoms. The van der Waals surface area contributed by atoms with E-state index in [1.165, 1.54) is 96.3 Å². The molecule has 0 aromatic carbocycles. The highest BCUT2D eigenvalue weighted by Crippen LogP contribution is 2.19. The molecule has 2 unspecified atom stereocenters. The minimum absolute atomic E-state index is 0.0363. The summed E-state index contributed by atoms with van der Waals surface area (Å²) in [5, 5.41) is 3.96. The Morgan fingerprint density at radius 1 is 0.806 bits per heavy atom. The zero-order valence-corrected chi connectivity index (χ0v) is 22.3. The van der Waals surface area contributed by atoms with Crippen molar-refractivity contribution in [1.29, 1.82) is 0 Å². The van der Waals surface area contributed by atoms with Crippen LogP contribution in [0.15, 0.2) is 0 Å². The Bertz CT molecular complexity index is 566. The van der Waals surface area contributed by atoms with Crippen LogP contribution in [0.1, 0.15) is 117 Å².